The Bertz CT molecular complexity index is 140. The van der Waals surface area contributed by atoms with Crippen molar-refractivity contribution in [3.05, 3.63) is 11.1 Å². The normalized spacial score (nSPS) is 16.6. The van der Waals surface area contributed by atoms with Crippen molar-refractivity contribution in [1.82, 2.24) is 0 Å². The fourth-order valence-electron chi connectivity index (χ4n) is 1.17. The van der Waals surface area contributed by atoms with Crippen LogP contribution in [0.15, 0.2) is 11.1 Å². The van der Waals surface area contributed by atoms with E-state index in [9.17, 15) is 0 Å². The van der Waals surface area contributed by atoms with E-state index < -0.39 is 0 Å². The highest BCUT2D eigenvalue weighted by Gasteiger charge is 2.09. The molecule has 0 heteroatoms. The topological polar surface area (TPSA) is 0 Å². The molecule has 0 aliphatic heterocycles. The molecular formula is C11H22. The number of hydrogen-bond acceptors (Lipinski definition) is 0. The van der Waals surface area contributed by atoms with Crippen LogP contribution in [0.2, 0.25) is 0 Å². The van der Waals surface area contributed by atoms with Gasteiger partial charge in [-0.1, -0.05) is 38.8 Å². The van der Waals surface area contributed by atoms with Gasteiger partial charge in [0, 0.05) is 0 Å². The van der Waals surface area contributed by atoms with Crippen molar-refractivity contribution in [3.8, 4) is 0 Å². The first kappa shape index (κ1) is 10.7. The fraction of sp³-hybridized carbons (Fsp3) is 0.818. The maximum atomic E-state index is 2.32. The van der Waals surface area contributed by atoms with Crippen molar-refractivity contribution in [2.45, 2.75) is 48.0 Å². The fourth-order valence-corrected chi connectivity index (χ4v) is 1.17. The van der Waals surface area contributed by atoms with Crippen molar-refractivity contribution in [3.63, 3.8) is 0 Å². The first-order chi connectivity index (χ1) is 5.00. The van der Waals surface area contributed by atoms with Crippen LogP contribution >= 0.6 is 0 Å². The maximum Gasteiger partial charge on any atom is -0.0209 e. The Hall–Kier alpha value is -0.260. The Morgan fingerprint density at radius 3 is 1.82 bits per heavy atom. The molecule has 0 saturated carbocycles. The molecule has 0 fully saturated rings. The van der Waals surface area contributed by atoms with Crippen molar-refractivity contribution in [2.24, 2.45) is 11.8 Å². The molecule has 0 bridgehead atoms. The smallest absolute Gasteiger partial charge is 0.0209 e. The Balaban J connectivity index is 4.33. The summed E-state index contributed by atoms with van der Waals surface area (Å²) in [6.07, 6.45) is 1.20. The molecule has 0 spiro atoms. The second kappa shape index (κ2) is 4.58. The molecule has 0 amide bonds. The average molecular weight is 154 g/mol. The van der Waals surface area contributed by atoms with Crippen molar-refractivity contribution < 1.29 is 0 Å². The molecular weight excluding hydrogens is 132 g/mol. The van der Waals surface area contributed by atoms with Gasteiger partial charge in [0.2, 0.25) is 0 Å². The summed E-state index contributed by atoms with van der Waals surface area (Å²) in [6, 6.07) is 0. The summed E-state index contributed by atoms with van der Waals surface area (Å²) in [6.45, 7) is 13.6. The molecule has 66 valence electrons. The molecule has 0 aliphatic rings. The number of hydrogen-bond donors (Lipinski definition) is 0. The van der Waals surface area contributed by atoms with Crippen LogP contribution in [-0.2, 0) is 0 Å². The lowest BCUT2D eigenvalue weighted by molar-refractivity contribution is 0.475. The van der Waals surface area contributed by atoms with Crippen LogP contribution in [0.1, 0.15) is 48.0 Å². The minimum absolute atomic E-state index is 0.745. The van der Waals surface area contributed by atoms with E-state index in [1.807, 2.05) is 0 Å². The summed E-state index contributed by atoms with van der Waals surface area (Å²) in [5, 5.41) is 0. The molecule has 1 atom stereocenters. The second-order valence-corrected chi connectivity index (χ2v) is 3.85. The summed E-state index contributed by atoms with van der Waals surface area (Å²) in [4.78, 5) is 0. The van der Waals surface area contributed by atoms with Crippen LogP contribution in [0.3, 0.4) is 0 Å². The first-order valence-electron chi connectivity index (χ1n) is 4.66. The Kier molecular flexibility index (Phi) is 4.48. The molecule has 0 heterocycles. The van der Waals surface area contributed by atoms with E-state index in [1.54, 1.807) is 11.1 Å². The standard InChI is InChI=1S/C11H22/c1-7-9(4)11(6)10(5)8(2)3/h8,10H,7H2,1-6H3. The van der Waals surface area contributed by atoms with Crippen molar-refractivity contribution in [1.29, 1.82) is 0 Å². The molecule has 0 radical (unpaired) electrons. The highest BCUT2D eigenvalue weighted by atomic mass is 14.2. The van der Waals surface area contributed by atoms with Crippen molar-refractivity contribution in [2.75, 3.05) is 0 Å². The van der Waals surface area contributed by atoms with Gasteiger partial charge in [0.1, 0.15) is 0 Å². The van der Waals surface area contributed by atoms with E-state index in [0.717, 1.165) is 11.8 Å². The van der Waals surface area contributed by atoms with Gasteiger partial charge in [-0.15, -0.1) is 0 Å². The molecule has 1 unspecified atom stereocenters. The molecule has 0 aromatic rings. The van der Waals surface area contributed by atoms with Gasteiger partial charge in [0.25, 0.3) is 0 Å². The van der Waals surface area contributed by atoms with Crippen LogP contribution in [0.4, 0.5) is 0 Å². The zero-order valence-corrected chi connectivity index (χ0v) is 8.86. The molecule has 0 aliphatic carbocycles. The van der Waals surface area contributed by atoms with E-state index in [4.69, 9.17) is 0 Å². The minimum Gasteiger partial charge on any atom is -0.0744 e. The minimum atomic E-state index is 0.745. The van der Waals surface area contributed by atoms with Crippen LogP contribution in [-0.4, -0.2) is 0 Å². The SMILES string of the molecule is CCC(C)=C(C)C(C)C(C)C. The van der Waals surface area contributed by atoms with E-state index in [2.05, 4.69) is 41.5 Å². The van der Waals surface area contributed by atoms with Gasteiger partial charge in [-0.3, -0.25) is 0 Å². The highest BCUT2D eigenvalue weighted by molar-refractivity contribution is 5.12. The quantitative estimate of drug-likeness (QED) is 0.538. The lowest BCUT2D eigenvalue weighted by Gasteiger charge is -2.18. The predicted molar refractivity (Wildman–Crippen MR) is 52.7 cm³/mol. The van der Waals surface area contributed by atoms with Gasteiger partial charge in [-0.2, -0.15) is 0 Å². The van der Waals surface area contributed by atoms with Gasteiger partial charge >= 0.3 is 0 Å². The maximum absolute atomic E-state index is 2.32. The third-order valence-corrected chi connectivity index (χ3v) is 2.89. The predicted octanol–water partition coefficient (Wildman–Crippen LogP) is 4.02. The van der Waals surface area contributed by atoms with E-state index in [0.29, 0.717) is 0 Å². The average Bonchev–Trinajstić information content (AvgIpc) is 2.00. The third-order valence-electron chi connectivity index (χ3n) is 2.89. The van der Waals surface area contributed by atoms with E-state index in [1.165, 1.54) is 6.42 Å². The van der Waals surface area contributed by atoms with Crippen LogP contribution in [0, 0.1) is 11.8 Å². The third kappa shape index (κ3) is 3.09. The van der Waals surface area contributed by atoms with Crippen molar-refractivity contribution >= 4 is 0 Å². The second-order valence-electron chi connectivity index (χ2n) is 3.85. The molecule has 0 nitrogen and oxygen atoms in total. The lowest BCUT2D eigenvalue weighted by Crippen LogP contribution is -2.06. The first-order valence-corrected chi connectivity index (χ1v) is 4.66. The zero-order valence-electron chi connectivity index (χ0n) is 8.86. The van der Waals surface area contributed by atoms with Crippen LogP contribution in [0.25, 0.3) is 0 Å². The van der Waals surface area contributed by atoms with Crippen LogP contribution < -0.4 is 0 Å². The summed E-state index contributed by atoms with van der Waals surface area (Å²) in [7, 11) is 0. The summed E-state index contributed by atoms with van der Waals surface area (Å²) in [5.41, 5.74) is 3.15. The molecule has 0 saturated heterocycles. The van der Waals surface area contributed by atoms with Gasteiger partial charge in [0.15, 0.2) is 0 Å². The molecule has 0 rings (SSSR count). The monoisotopic (exact) mass is 154 g/mol. The summed E-state index contributed by atoms with van der Waals surface area (Å²) in [5.74, 6) is 1.52. The highest BCUT2D eigenvalue weighted by Crippen LogP contribution is 2.23. The number of rotatable bonds is 3. The zero-order chi connectivity index (χ0) is 9.02. The van der Waals surface area contributed by atoms with Crippen LogP contribution in [0.5, 0.6) is 0 Å². The van der Waals surface area contributed by atoms with Gasteiger partial charge in [-0.05, 0) is 32.1 Å². The van der Waals surface area contributed by atoms with Gasteiger partial charge in [-0.25, -0.2) is 0 Å². The van der Waals surface area contributed by atoms with Gasteiger partial charge in [0.05, 0.1) is 0 Å². The van der Waals surface area contributed by atoms with E-state index >= 15 is 0 Å². The van der Waals surface area contributed by atoms with E-state index in [-0.39, 0.29) is 0 Å². The molecule has 0 aromatic carbocycles. The Morgan fingerprint density at radius 1 is 1.09 bits per heavy atom. The summed E-state index contributed by atoms with van der Waals surface area (Å²) >= 11 is 0. The molecule has 11 heavy (non-hydrogen) atoms. The Morgan fingerprint density at radius 2 is 1.55 bits per heavy atom. The summed E-state index contributed by atoms with van der Waals surface area (Å²) < 4.78 is 0. The van der Waals surface area contributed by atoms with Gasteiger partial charge < -0.3 is 0 Å². The molecule has 0 N–H and O–H groups in total. The molecule has 0 aromatic heterocycles. The Labute approximate surface area is 71.7 Å². The lowest BCUT2D eigenvalue weighted by atomic mass is 9.88. The largest absolute Gasteiger partial charge is 0.0744 e. The number of allylic oxidation sites excluding steroid dienone is 2.